The molecule has 11 rings (SSSR count). The Balaban J connectivity index is 1.38. The molecule has 0 saturated carbocycles. The smallest absolute Gasteiger partial charge is 0.0553 e. The van der Waals surface area contributed by atoms with Crippen LogP contribution in [0.4, 0.5) is 0 Å². The minimum atomic E-state index is 1.15. The lowest BCUT2D eigenvalue weighted by Gasteiger charge is -2.24. The summed E-state index contributed by atoms with van der Waals surface area (Å²) in [6.45, 7) is 0. The van der Waals surface area contributed by atoms with Gasteiger partial charge < -0.3 is 4.57 Å². The van der Waals surface area contributed by atoms with E-state index in [1.165, 1.54) is 98.6 Å². The highest BCUT2D eigenvalue weighted by Crippen LogP contribution is 2.53. The number of benzene rings is 10. The van der Waals surface area contributed by atoms with Gasteiger partial charge >= 0.3 is 0 Å². The van der Waals surface area contributed by atoms with Crippen LogP contribution in [0, 0.1) is 0 Å². The fraction of sp³-hybridized carbons (Fsp3) is 0. The number of rotatable bonds is 5. The van der Waals surface area contributed by atoms with E-state index < -0.39 is 0 Å². The van der Waals surface area contributed by atoms with Crippen LogP contribution in [0.25, 0.3) is 104 Å². The van der Waals surface area contributed by atoms with Gasteiger partial charge in [-0.15, -0.1) is 0 Å². The van der Waals surface area contributed by atoms with Gasteiger partial charge in [0, 0.05) is 22.0 Å². The summed E-state index contributed by atoms with van der Waals surface area (Å²) in [4.78, 5) is 0. The lowest BCUT2D eigenvalue weighted by molar-refractivity contribution is 1.18. The van der Waals surface area contributed by atoms with E-state index in [0.29, 0.717) is 0 Å². The van der Waals surface area contributed by atoms with E-state index in [0.717, 1.165) is 5.69 Å². The Labute approximate surface area is 320 Å². The molecule has 1 heteroatoms. The van der Waals surface area contributed by atoms with Gasteiger partial charge in [-0.2, -0.15) is 0 Å². The maximum absolute atomic E-state index is 2.46. The molecule has 256 valence electrons. The van der Waals surface area contributed by atoms with E-state index in [1.54, 1.807) is 0 Å². The zero-order chi connectivity index (χ0) is 36.3. The van der Waals surface area contributed by atoms with E-state index >= 15 is 0 Å². The van der Waals surface area contributed by atoms with Crippen molar-refractivity contribution in [2.24, 2.45) is 0 Å². The van der Waals surface area contributed by atoms with Crippen LogP contribution < -0.4 is 0 Å². The third-order valence-electron chi connectivity index (χ3n) is 11.3. The van der Waals surface area contributed by atoms with Gasteiger partial charge in [-0.3, -0.25) is 0 Å². The first-order valence-corrected chi connectivity index (χ1v) is 19.0. The molecule has 10 aromatic carbocycles. The molecule has 0 amide bonds. The van der Waals surface area contributed by atoms with Crippen LogP contribution in [0.5, 0.6) is 0 Å². The quantitative estimate of drug-likeness (QED) is 0.158. The molecule has 0 aliphatic carbocycles. The number of fused-ring (bicyclic) bond motifs is 6. The van der Waals surface area contributed by atoms with Gasteiger partial charge in [0.1, 0.15) is 0 Å². The third-order valence-corrected chi connectivity index (χ3v) is 11.3. The summed E-state index contributed by atoms with van der Waals surface area (Å²) in [5, 5.41) is 9.96. The molecule has 55 heavy (non-hydrogen) atoms. The molecular weight excluding hydrogens is 663 g/mol. The zero-order valence-electron chi connectivity index (χ0n) is 30.2. The molecule has 0 bridgehead atoms. The van der Waals surface area contributed by atoms with Gasteiger partial charge in [0.05, 0.1) is 11.0 Å². The van der Waals surface area contributed by atoms with Gasteiger partial charge in [-0.05, 0) is 102 Å². The van der Waals surface area contributed by atoms with E-state index in [9.17, 15) is 0 Å². The monoisotopic (exact) mass is 697 g/mol. The Morgan fingerprint density at radius 1 is 0.273 bits per heavy atom. The normalized spacial score (nSPS) is 11.6. The molecule has 1 heterocycles. The molecule has 0 aliphatic rings. The summed E-state index contributed by atoms with van der Waals surface area (Å²) in [7, 11) is 0. The van der Waals surface area contributed by atoms with Crippen molar-refractivity contribution in [2.75, 3.05) is 0 Å². The van der Waals surface area contributed by atoms with Gasteiger partial charge in [-0.25, -0.2) is 0 Å². The zero-order valence-corrected chi connectivity index (χ0v) is 30.2. The first-order chi connectivity index (χ1) is 27.3. The lowest BCUT2D eigenvalue weighted by atomic mass is 9.79. The molecule has 0 radical (unpaired) electrons. The Hall–Kier alpha value is -7.22. The number of aromatic nitrogens is 1. The Kier molecular flexibility index (Phi) is 7.25. The summed E-state index contributed by atoms with van der Waals surface area (Å²) in [5.74, 6) is 0. The Morgan fingerprint density at radius 2 is 0.782 bits per heavy atom. The van der Waals surface area contributed by atoms with Crippen LogP contribution in [0.3, 0.4) is 0 Å². The maximum atomic E-state index is 2.46. The standard InChI is InChI=1S/C54H35N/c1-4-19-37(20-5-1)47-35-49-53(46-30-16-17-31-48(46)55(49)41-24-8-3-9-25-41)51(38-21-6-2-7-22-38)54(47)52-44-28-14-12-26-42(44)50(43-27-13-15-29-45(43)52)40-33-32-36-18-10-11-23-39(36)34-40/h1-35H. The highest BCUT2D eigenvalue weighted by atomic mass is 15.0. The number of hydrogen-bond donors (Lipinski definition) is 0. The first kappa shape index (κ1) is 31.3. The Bertz CT molecular complexity index is 3170. The molecular formula is C54H35N. The number of para-hydroxylation sites is 2. The van der Waals surface area contributed by atoms with Crippen LogP contribution in [-0.2, 0) is 0 Å². The summed E-state index contributed by atoms with van der Waals surface area (Å²) < 4.78 is 2.45. The van der Waals surface area contributed by atoms with Crippen LogP contribution in [0.1, 0.15) is 0 Å². The number of hydrogen-bond acceptors (Lipinski definition) is 0. The van der Waals surface area contributed by atoms with Crippen molar-refractivity contribution in [1.29, 1.82) is 0 Å². The maximum Gasteiger partial charge on any atom is 0.0553 e. The van der Waals surface area contributed by atoms with Crippen LogP contribution in [0.15, 0.2) is 212 Å². The summed E-state index contributed by atoms with van der Waals surface area (Å²) in [6.07, 6.45) is 0. The lowest BCUT2D eigenvalue weighted by Crippen LogP contribution is -1.98. The highest BCUT2D eigenvalue weighted by Gasteiger charge is 2.27. The van der Waals surface area contributed by atoms with E-state index in [1.807, 2.05) is 0 Å². The average molecular weight is 698 g/mol. The minimum absolute atomic E-state index is 1.15. The summed E-state index contributed by atoms with van der Waals surface area (Å²) in [6, 6.07) is 77.9. The van der Waals surface area contributed by atoms with E-state index in [-0.39, 0.29) is 0 Å². The van der Waals surface area contributed by atoms with Crippen molar-refractivity contribution in [1.82, 2.24) is 4.57 Å². The summed E-state index contributed by atoms with van der Waals surface area (Å²) in [5.41, 5.74) is 13.4. The second kappa shape index (κ2) is 12.7. The molecule has 0 aliphatic heterocycles. The number of nitrogens with zero attached hydrogens (tertiary/aromatic N) is 1. The second-order valence-corrected chi connectivity index (χ2v) is 14.4. The molecule has 11 aromatic rings. The van der Waals surface area contributed by atoms with Gasteiger partial charge in [0.2, 0.25) is 0 Å². The fourth-order valence-corrected chi connectivity index (χ4v) is 9.03. The topological polar surface area (TPSA) is 4.93 Å². The van der Waals surface area contributed by atoms with Gasteiger partial charge in [-0.1, -0.05) is 182 Å². The average Bonchev–Trinajstić information content (AvgIpc) is 3.59. The largest absolute Gasteiger partial charge is 0.309 e. The summed E-state index contributed by atoms with van der Waals surface area (Å²) >= 11 is 0. The first-order valence-electron chi connectivity index (χ1n) is 19.0. The van der Waals surface area contributed by atoms with Crippen molar-refractivity contribution in [2.45, 2.75) is 0 Å². The van der Waals surface area contributed by atoms with Crippen molar-refractivity contribution < 1.29 is 0 Å². The minimum Gasteiger partial charge on any atom is -0.309 e. The van der Waals surface area contributed by atoms with Crippen molar-refractivity contribution in [3.8, 4) is 50.2 Å². The SMILES string of the molecule is c1ccc(-c2cc3c(c(-c4ccccc4)c2-c2c4ccccc4c(-c4ccc5ccccc5c4)c4ccccc24)c2ccccc2n3-c2ccccc2)cc1. The molecule has 0 spiro atoms. The van der Waals surface area contributed by atoms with Gasteiger partial charge in [0.25, 0.3) is 0 Å². The molecule has 0 atom stereocenters. The van der Waals surface area contributed by atoms with Crippen molar-refractivity contribution in [3.05, 3.63) is 212 Å². The molecule has 1 aromatic heterocycles. The second-order valence-electron chi connectivity index (χ2n) is 14.4. The Morgan fingerprint density at radius 3 is 1.44 bits per heavy atom. The molecule has 0 fully saturated rings. The van der Waals surface area contributed by atoms with Gasteiger partial charge in [0.15, 0.2) is 0 Å². The molecule has 0 N–H and O–H groups in total. The predicted octanol–water partition coefficient (Wildman–Crippen LogP) is 14.9. The highest BCUT2D eigenvalue weighted by molar-refractivity contribution is 6.28. The van der Waals surface area contributed by atoms with Crippen LogP contribution in [0.2, 0.25) is 0 Å². The van der Waals surface area contributed by atoms with E-state index in [4.69, 9.17) is 0 Å². The van der Waals surface area contributed by atoms with Crippen LogP contribution in [-0.4, -0.2) is 4.57 Å². The molecule has 0 unspecified atom stereocenters. The predicted molar refractivity (Wildman–Crippen MR) is 235 cm³/mol. The van der Waals surface area contributed by atoms with E-state index in [2.05, 4.69) is 217 Å². The molecule has 1 nitrogen and oxygen atoms in total. The third kappa shape index (κ3) is 4.94. The van der Waals surface area contributed by atoms with Crippen LogP contribution >= 0.6 is 0 Å². The van der Waals surface area contributed by atoms with Crippen molar-refractivity contribution in [3.63, 3.8) is 0 Å². The fourth-order valence-electron chi connectivity index (χ4n) is 9.03. The molecule has 0 saturated heterocycles. The van der Waals surface area contributed by atoms with Crippen molar-refractivity contribution >= 4 is 54.1 Å².